The number of rotatable bonds is 12. The number of carbonyl (C=O) groups is 2. The number of aliphatic carboxylic acids is 1. The van der Waals surface area contributed by atoms with Crippen LogP contribution < -0.4 is 0 Å². The third kappa shape index (κ3) is 5.84. The number of carboxylic acids is 1. The predicted molar refractivity (Wildman–Crippen MR) is 125 cm³/mol. The van der Waals surface area contributed by atoms with E-state index in [0.29, 0.717) is 18.3 Å². The van der Waals surface area contributed by atoms with E-state index in [1.807, 2.05) is 6.08 Å². The summed E-state index contributed by atoms with van der Waals surface area (Å²) in [5, 5.41) is 21.0. The highest BCUT2D eigenvalue weighted by atomic mass is 127. The molecule has 0 amide bonds. The fourth-order valence-electron chi connectivity index (χ4n) is 5.81. The molecule has 0 bridgehead atoms. The minimum absolute atomic E-state index is 0.218. The molecule has 2 rings (SSSR count). The van der Waals surface area contributed by atoms with Gasteiger partial charge in [0.25, 0.3) is 0 Å². The van der Waals surface area contributed by atoms with E-state index in [2.05, 4.69) is 36.4 Å². The van der Waals surface area contributed by atoms with Crippen molar-refractivity contribution in [3.05, 3.63) is 11.6 Å². The standard InChI is InChI=1S/C24H39IO4/c1-3-9-18(17-25)21-12-11-19-16-20(26)13-15-23(19,2)24(21,29)14-8-6-4-5-7-10-22(27)28/h16,18,21,29H,3-15,17H2,1-2H3,(H,27,28)/t18?,21?,23-,24+/m0/s1. The zero-order valence-corrected chi connectivity index (χ0v) is 20.4. The van der Waals surface area contributed by atoms with Gasteiger partial charge in [-0.25, -0.2) is 0 Å². The van der Waals surface area contributed by atoms with Gasteiger partial charge in [-0.3, -0.25) is 9.59 Å². The van der Waals surface area contributed by atoms with Crippen molar-refractivity contribution in [3.8, 4) is 0 Å². The molecule has 0 aromatic rings. The van der Waals surface area contributed by atoms with E-state index >= 15 is 0 Å². The summed E-state index contributed by atoms with van der Waals surface area (Å²) in [5.74, 6) is 0.318. The molecule has 2 unspecified atom stereocenters. The van der Waals surface area contributed by atoms with Gasteiger partial charge in [0.2, 0.25) is 0 Å². The molecular weight excluding hydrogens is 479 g/mol. The van der Waals surface area contributed by atoms with Crippen molar-refractivity contribution in [3.63, 3.8) is 0 Å². The van der Waals surface area contributed by atoms with Crippen molar-refractivity contribution in [1.82, 2.24) is 0 Å². The summed E-state index contributed by atoms with van der Waals surface area (Å²) in [4.78, 5) is 22.7. The molecule has 0 radical (unpaired) electrons. The Morgan fingerprint density at radius 1 is 1.24 bits per heavy atom. The molecule has 1 fully saturated rings. The van der Waals surface area contributed by atoms with Gasteiger partial charge in [0, 0.05) is 22.7 Å². The highest BCUT2D eigenvalue weighted by molar-refractivity contribution is 14.1. The van der Waals surface area contributed by atoms with Crippen molar-refractivity contribution in [2.45, 2.75) is 103 Å². The summed E-state index contributed by atoms with van der Waals surface area (Å²) in [6.07, 6.45) is 13.1. The fraction of sp³-hybridized carbons (Fsp3) is 0.833. The summed E-state index contributed by atoms with van der Waals surface area (Å²) in [5.41, 5.74) is 0.145. The van der Waals surface area contributed by atoms with E-state index < -0.39 is 11.6 Å². The Morgan fingerprint density at radius 3 is 2.59 bits per heavy atom. The molecule has 166 valence electrons. The van der Waals surface area contributed by atoms with Crippen LogP contribution in [0.4, 0.5) is 0 Å². The smallest absolute Gasteiger partial charge is 0.303 e. The van der Waals surface area contributed by atoms with E-state index in [4.69, 9.17) is 5.11 Å². The molecule has 0 aromatic heterocycles. The summed E-state index contributed by atoms with van der Waals surface area (Å²) >= 11 is 2.49. The van der Waals surface area contributed by atoms with Crippen LogP contribution in [0.5, 0.6) is 0 Å². The first-order chi connectivity index (χ1) is 13.8. The Labute approximate surface area is 190 Å². The normalized spacial score (nSPS) is 30.6. The van der Waals surface area contributed by atoms with Crippen molar-refractivity contribution < 1.29 is 19.8 Å². The number of hydrogen-bond acceptors (Lipinski definition) is 3. The second kappa shape index (κ2) is 11.3. The number of carbonyl (C=O) groups excluding carboxylic acids is 1. The number of ketones is 1. The lowest BCUT2D eigenvalue weighted by Gasteiger charge is -2.57. The maximum Gasteiger partial charge on any atom is 0.303 e. The first kappa shape index (κ1) is 24.8. The molecule has 4 nitrogen and oxygen atoms in total. The molecule has 2 N–H and O–H groups in total. The summed E-state index contributed by atoms with van der Waals surface area (Å²) < 4.78 is 1.07. The molecule has 0 spiro atoms. The van der Waals surface area contributed by atoms with Gasteiger partial charge in [-0.05, 0) is 56.4 Å². The van der Waals surface area contributed by atoms with E-state index in [1.54, 1.807) is 0 Å². The van der Waals surface area contributed by atoms with Crippen LogP contribution in [0.25, 0.3) is 0 Å². The summed E-state index contributed by atoms with van der Waals surface area (Å²) in [6.45, 7) is 4.44. The van der Waals surface area contributed by atoms with Gasteiger partial charge in [0.1, 0.15) is 0 Å². The average Bonchev–Trinajstić information content (AvgIpc) is 2.67. The van der Waals surface area contributed by atoms with Gasteiger partial charge in [0.05, 0.1) is 5.60 Å². The van der Waals surface area contributed by atoms with Gasteiger partial charge in [0.15, 0.2) is 5.78 Å². The molecule has 4 atom stereocenters. The van der Waals surface area contributed by atoms with Gasteiger partial charge < -0.3 is 10.2 Å². The number of allylic oxidation sites excluding steroid dienone is 1. The van der Waals surface area contributed by atoms with Gasteiger partial charge >= 0.3 is 5.97 Å². The second-order valence-electron chi connectivity index (χ2n) is 9.40. The molecule has 0 aliphatic heterocycles. The summed E-state index contributed by atoms with van der Waals surface area (Å²) in [7, 11) is 0. The highest BCUT2D eigenvalue weighted by Gasteiger charge is 2.57. The zero-order chi connectivity index (χ0) is 21.5. The quantitative estimate of drug-likeness (QED) is 0.186. The van der Waals surface area contributed by atoms with Crippen molar-refractivity contribution in [2.75, 3.05) is 4.43 Å². The van der Waals surface area contributed by atoms with Crippen LogP contribution >= 0.6 is 22.6 Å². The third-order valence-corrected chi connectivity index (χ3v) is 8.72. The lowest BCUT2D eigenvalue weighted by atomic mass is 9.50. The Balaban J connectivity index is 2.11. The third-order valence-electron chi connectivity index (χ3n) is 7.58. The Bertz CT molecular complexity index is 602. The first-order valence-electron chi connectivity index (χ1n) is 11.5. The van der Waals surface area contributed by atoms with Gasteiger partial charge in [-0.2, -0.15) is 0 Å². The minimum Gasteiger partial charge on any atom is -0.481 e. The average molecular weight is 518 g/mol. The van der Waals surface area contributed by atoms with Crippen LogP contribution in [0.1, 0.15) is 97.3 Å². The number of carboxylic acid groups (broad SMARTS) is 1. The molecule has 5 heteroatoms. The van der Waals surface area contributed by atoms with E-state index in [9.17, 15) is 14.7 Å². The van der Waals surface area contributed by atoms with E-state index in [-0.39, 0.29) is 17.6 Å². The van der Waals surface area contributed by atoms with Crippen molar-refractivity contribution in [2.24, 2.45) is 17.3 Å². The van der Waals surface area contributed by atoms with Gasteiger partial charge in [-0.1, -0.05) is 74.1 Å². The Morgan fingerprint density at radius 2 is 1.93 bits per heavy atom. The lowest BCUT2D eigenvalue weighted by molar-refractivity contribution is -0.150. The van der Waals surface area contributed by atoms with Crippen molar-refractivity contribution in [1.29, 1.82) is 0 Å². The van der Waals surface area contributed by atoms with E-state index in [0.717, 1.165) is 75.1 Å². The van der Waals surface area contributed by atoms with Crippen LogP contribution in [0.2, 0.25) is 0 Å². The predicted octanol–water partition coefficient (Wildman–Crippen LogP) is 6.09. The molecular formula is C24H39IO4. The van der Waals surface area contributed by atoms with Crippen molar-refractivity contribution >= 4 is 34.3 Å². The molecule has 0 aromatic carbocycles. The lowest BCUT2D eigenvalue weighted by Crippen LogP contribution is -2.59. The maximum atomic E-state index is 12.2. The molecule has 2 aliphatic carbocycles. The number of unbranched alkanes of at least 4 members (excludes halogenated alkanes) is 4. The fourth-order valence-corrected chi connectivity index (χ4v) is 6.86. The molecule has 0 saturated heterocycles. The second-order valence-corrected chi connectivity index (χ2v) is 10.3. The summed E-state index contributed by atoms with van der Waals surface area (Å²) in [6, 6.07) is 0. The number of hydrogen-bond donors (Lipinski definition) is 2. The number of fused-ring (bicyclic) bond motifs is 1. The molecule has 2 aliphatic rings. The van der Waals surface area contributed by atoms with Crippen LogP contribution in [-0.4, -0.2) is 32.0 Å². The highest BCUT2D eigenvalue weighted by Crippen LogP contribution is 2.58. The Kier molecular flexibility index (Phi) is 9.65. The minimum atomic E-state index is -0.746. The Hall–Kier alpha value is -0.430. The zero-order valence-electron chi connectivity index (χ0n) is 18.2. The monoisotopic (exact) mass is 518 g/mol. The number of halogens is 1. The number of aliphatic hydroxyl groups is 1. The molecule has 1 saturated carbocycles. The topological polar surface area (TPSA) is 74.6 Å². The maximum absolute atomic E-state index is 12.2. The molecule has 0 heterocycles. The van der Waals surface area contributed by atoms with E-state index in [1.165, 1.54) is 5.57 Å². The van der Waals surface area contributed by atoms with Crippen LogP contribution in [0.3, 0.4) is 0 Å². The number of alkyl halides is 1. The van der Waals surface area contributed by atoms with Crippen LogP contribution in [0.15, 0.2) is 11.6 Å². The molecule has 29 heavy (non-hydrogen) atoms. The SMILES string of the molecule is CCCC(CI)C1CCC2=CC(=O)CC[C@]2(C)[C@@]1(O)CCCCCCCC(=O)O. The van der Waals surface area contributed by atoms with Crippen LogP contribution in [0, 0.1) is 17.3 Å². The largest absolute Gasteiger partial charge is 0.481 e. The van der Waals surface area contributed by atoms with Gasteiger partial charge in [-0.15, -0.1) is 0 Å². The van der Waals surface area contributed by atoms with Crippen LogP contribution in [-0.2, 0) is 9.59 Å². The first-order valence-corrected chi connectivity index (χ1v) is 13.0.